The molecule has 0 amide bonds. The molecular weight excluding hydrogens is 284 g/mol. The summed E-state index contributed by atoms with van der Waals surface area (Å²) in [6.45, 7) is 12.9. The number of rotatable bonds is 0. The summed E-state index contributed by atoms with van der Waals surface area (Å²) >= 11 is 0. The van der Waals surface area contributed by atoms with Crippen molar-refractivity contribution in [3.63, 3.8) is 0 Å². The Labute approximate surface area is 137 Å². The van der Waals surface area contributed by atoms with Gasteiger partial charge in [0.05, 0.1) is 10.8 Å². The largest absolute Gasteiger partial charge is 0.456 e. The monoisotopic (exact) mass is 308 g/mol. The van der Waals surface area contributed by atoms with Gasteiger partial charge in [-0.15, -0.1) is 0 Å². The fourth-order valence-electron chi connectivity index (χ4n) is 2.79. The quantitative estimate of drug-likeness (QED) is 0.510. The predicted molar refractivity (Wildman–Crippen MR) is 97.4 cm³/mol. The average molecular weight is 308 g/mol. The molecule has 2 nitrogen and oxygen atoms in total. The second kappa shape index (κ2) is 4.95. The number of hydrogen-bond donors (Lipinski definition) is 0. The lowest BCUT2D eigenvalue weighted by molar-refractivity contribution is 0.589. The Balaban J connectivity index is 2.36. The van der Waals surface area contributed by atoms with E-state index < -0.39 is 0 Å². The standard InChI is InChI=1S/C21H24O2/c1-20(2,3)13-7-9-17-15(11-13)19(22)16-12-14(21(4,5)6)8-10-18(16)23-17/h7-12H,1-6H3. The van der Waals surface area contributed by atoms with Gasteiger partial charge in [0.15, 0.2) is 0 Å². The normalized spacial score (nSPS) is 13.0. The molecule has 3 rings (SSSR count). The van der Waals surface area contributed by atoms with E-state index in [-0.39, 0.29) is 16.3 Å². The Morgan fingerprint density at radius 3 is 1.43 bits per heavy atom. The number of benzene rings is 2. The molecule has 1 heterocycles. The first kappa shape index (κ1) is 15.8. The van der Waals surface area contributed by atoms with Gasteiger partial charge in [0.25, 0.3) is 0 Å². The molecule has 0 unspecified atom stereocenters. The summed E-state index contributed by atoms with van der Waals surface area (Å²) in [5.41, 5.74) is 3.65. The van der Waals surface area contributed by atoms with E-state index in [4.69, 9.17) is 4.42 Å². The van der Waals surface area contributed by atoms with E-state index in [1.807, 2.05) is 36.4 Å². The van der Waals surface area contributed by atoms with Gasteiger partial charge in [-0.1, -0.05) is 53.7 Å². The molecule has 1 aromatic heterocycles. The van der Waals surface area contributed by atoms with Crippen molar-refractivity contribution in [2.45, 2.75) is 52.4 Å². The summed E-state index contributed by atoms with van der Waals surface area (Å²) in [4.78, 5) is 13.0. The minimum Gasteiger partial charge on any atom is -0.456 e. The lowest BCUT2D eigenvalue weighted by Crippen LogP contribution is -2.13. The first-order valence-corrected chi connectivity index (χ1v) is 8.09. The third-order valence-corrected chi connectivity index (χ3v) is 4.40. The minimum absolute atomic E-state index is 0.00282. The van der Waals surface area contributed by atoms with Crippen LogP contribution in [0.5, 0.6) is 0 Å². The zero-order valence-corrected chi connectivity index (χ0v) is 14.8. The van der Waals surface area contributed by atoms with E-state index >= 15 is 0 Å². The molecule has 0 N–H and O–H groups in total. The van der Waals surface area contributed by atoms with Crippen molar-refractivity contribution in [2.24, 2.45) is 0 Å². The first-order chi connectivity index (χ1) is 10.6. The maximum absolute atomic E-state index is 13.0. The van der Waals surface area contributed by atoms with Crippen molar-refractivity contribution in [1.82, 2.24) is 0 Å². The summed E-state index contributed by atoms with van der Waals surface area (Å²) in [6.07, 6.45) is 0. The molecular formula is C21H24O2. The van der Waals surface area contributed by atoms with Crippen molar-refractivity contribution < 1.29 is 4.42 Å². The van der Waals surface area contributed by atoms with Gasteiger partial charge in [0.2, 0.25) is 5.43 Å². The van der Waals surface area contributed by atoms with Gasteiger partial charge in [-0.3, -0.25) is 4.79 Å². The van der Waals surface area contributed by atoms with Crippen LogP contribution in [0, 0.1) is 0 Å². The summed E-state index contributed by atoms with van der Waals surface area (Å²) in [5.74, 6) is 0. The van der Waals surface area contributed by atoms with Gasteiger partial charge in [-0.25, -0.2) is 0 Å². The Kier molecular flexibility index (Phi) is 3.40. The Morgan fingerprint density at radius 1 is 0.696 bits per heavy atom. The van der Waals surface area contributed by atoms with E-state index in [1.54, 1.807) is 0 Å². The minimum atomic E-state index is 0.00282. The van der Waals surface area contributed by atoms with Crippen molar-refractivity contribution in [3.8, 4) is 0 Å². The van der Waals surface area contributed by atoms with Crippen LogP contribution in [0.15, 0.2) is 45.6 Å². The summed E-state index contributed by atoms with van der Waals surface area (Å²) in [6, 6.07) is 11.9. The van der Waals surface area contributed by atoms with Crippen molar-refractivity contribution in [1.29, 1.82) is 0 Å². The fraction of sp³-hybridized carbons (Fsp3) is 0.381. The van der Waals surface area contributed by atoms with E-state index in [2.05, 4.69) is 41.5 Å². The van der Waals surface area contributed by atoms with Crippen LogP contribution in [0.2, 0.25) is 0 Å². The molecule has 0 saturated heterocycles. The highest BCUT2D eigenvalue weighted by molar-refractivity contribution is 5.90. The van der Waals surface area contributed by atoms with Crippen LogP contribution in [0.4, 0.5) is 0 Å². The molecule has 120 valence electrons. The van der Waals surface area contributed by atoms with Crippen LogP contribution in [0.3, 0.4) is 0 Å². The highest BCUT2D eigenvalue weighted by Gasteiger charge is 2.18. The van der Waals surface area contributed by atoms with E-state index in [1.165, 1.54) is 0 Å². The van der Waals surface area contributed by atoms with Crippen molar-refractivity contribution >= 4 is 21.9 Å². The molecule has 0 fully saturated rings. The van der Waals surface area contributed by atoms with Crippen LogP contribution in [-0.2, 0) is 10.8 Å². The third-order valence-electron chi connectivity index (χ3n) is 4.40. The average Bonchev–Trinajstić information content (AvgIpc) is 2.45. The van der Waals surface area contributed by atoms with Crippen molar-refractivity contribution in [3.05, 3.63) is 57.7 Å². The predicted octanol–water partition coefficient (Wildman–Crippen LogP) is 5.54. The molecule has 0 radical (unpaired) electrons. The second-order valence-electron chi connectivity index (χ2n) is 8.35. The summed E-state index contributed by atoms with van der Waals surface area (Å²) < 4.78 is 5.96. The van der Waals surface area contributed by atoms with Crippen LogP contribution >= 0.6 is 0 Å². The van der Waals surface area contributed by atoms with Crippen LogP contribution < -0.4 is 5.43 Å². The topological polar surface area (TPSA) is 30.2 Å². The van der Waals surface area contributed by atoms with Gasteiger partial charge >= 0.3 is 0 Å². The van der Waals surface area contributed by atoms with Gasteiger partial charge in [-0.05, 0) is 46.2 Å². The van der Waals surface area contributed by atoms with Crippen LogP contribution in [-0.4, -0.2) is 0 Å². The SMILES string of the molecule is CC(C)(C)c1ccc2oc3ccc(C(C)(C)C)cc3c(=O)c2c1. The van der Waals surface area contributed by atoms with E-state index in [0.29, 0.717) is 21.9 Å². The fourth-order valence-corrected chi connectivity index (χ4v) is 2.79. The molecule has 2 heteroatoms. The molecule has 0 bridgehead atoms. The Hall–Kier alpha value is -2.09. The Bertz CT molecular complexity index is 873. The molecule has 2 aromatic carbocycles. The molecule has 0 spiro atoms. The first-order valence-electron chi connectivity index (χ1n) is 8.09. The lowest BCUT2D eigenvalue weighted by Gasteiger charge is -2.20. The highest BCUT2D eigenvalue weighted by atomic mass is 16.3. The third kappa shape index (κ3) is 2.78. The highest BCUT2D eigenvalue weighted by Crippen LogP contribution is 2.29. The molecule has 0 aliphatic carbocycles. The molecule has 0 aliphatic heterocycles. The molecule has 0 saturated carbocycles. The van der Waals surface area contributed by atoms with Gasteiger partial charge in [-0.2, -0.15) is 0 Å². The summed E-state index contributed by atoms with van der Waals surface area (Å²) in [5, 5.41) is 1.33. The van der Waals surface area contributed by atoms with Crippen molar-refractivity contribution in [2.75, 3.05) is 0 Å². The zero-order valence-electron chi connectivity index (χ0n) is 14.8. The Morgan fingerprint density at radius 2 is 1.09 bits per heavy atom. The maximum atomic E-state index is 13.0. The molecule has 0 atom stereocenters. The smallest absolute Gasteiger partial charge is 0.200 e. The van der Waals surface area contributed by atoms with Crippen LogP contribution in [0.1, 0.15) is 52.7 Å². The zero-order chi connectivity index (χ0) is 17.0. The van der Waals surface area contributed by atoms with E-state index in [0.717, 1.165) is 11.1 Å². The van der Waals surface area contributed by atoms with E-state index in [9.17, 15) is 4.79 Å². The van der Waals surface area contributed by atoms with Crippen LogP contribution in [0.25, 0.3) is 21.9 Å². The molecule has 3 aromatic rings. The number of hydrogen-bond acceptors (Lipinski definition) is 2. The maximum Gasteiger partial charge on any atom is 0.200 e. The van der Waals surface area contributed by atoms with Gasteiger partial charge in [0.1, 0.15) is 11.2 Å². The molecule has 23 heavy (non-hydrogen) atoms. The lowest BCUT2D eigenvalue weighted by atomic mass is 9.85. The summed E-state index contributed by atoms with van der Waals surface area (Å²) in [7, 11) is 0. The molecule has 0 aliphatic rings. The van der Waals surface area contributed by atoms with Gasteiger partial charge in [0, 0.05) is 0 Å². The van der Waals surface area contributed by atoms with Gasteiger partial charge < -0.3 is 4.42 Å². The second-order valence-corrected chi connectivity index (χ2v) is 8.35. The number of fused-ring (bicyclic) bond motifs is 2.